The van der Waals surface area contributed by atoms with Gasteiger partial charge in [0.2, 0.25) is 5.91 Å². The molecule has 4 nitrogen and oxygen atoms in total. The Balaban J connectivity index is 1.61. The Kier molecular flexibility index (Phi) is 7.24. The molecule has 0 bridgehead atoms. The number of carbonyl (C=O) groups is 1. The highest BCUT2D eigenvalue weighted by atomic mass is 35.5. The summed E-state index contributed by atoms with van der Waals surface area (Å²) in [6.07, 6.45) is 11.5. The molecule has 0 atom stereocenters. The number of nitrogens with one attached hydrogen (secondary N) is 1. The van der Waals surface area contributed by atoms with Crippen LogP contribution in [-0.2, 0) is 4.79 Å². The fraction of sp³-hybridized carbons (Fsp3) is 0.321. The molecule has 172 valence electrons. The molecule has 1 aliphatic carbocycles. The second-order valence-corrected chi connectivity index (χ2v) is 9.03. The van der Waals surface area contributed by atoms with Gasteiger partial charge in [-0.05, 0) is 75.3 Å². The van der Waals surface area contributed by atoms with Gasteiger partial charge in [-0.1, -0.05) is 35.4 Å². The van der Waals surface area contributed by atoms with E-state index < -0.39 is 0 Å². The minimum atomic E-state index is -0.0890. The van der Waals surface area contributed by atoms with Crippen LogP contribution in [0.2, 0.25) is 5.02 Å². The van der Waals surface area contributed by atoms with Crippen LogP contribution in [0.1, 0.15) is 50.2 Å². The third kappa shape index (κ3) is 5.17. The minimum Gasteiger partial charge on any atom is -0.496 e. The predicted octanol–water partition coefficient (Wildman–Crippen LogP) is 7.48. The number of fused-ring (bicyclic) bond motifs is 1. The van der Waals surface area contributed by atoms with Gasteiger partial charge in [-0.3, -0.25) is 4.79 Å². The van der Waals surface area contributed by atoms with E-state index in [0.717, 1.165) is 58.1 Å². The predicted molar refractivity (Wildman–Crippen MR) is 136 cm³/mol. The molecule has 1 aliphatic rings. The summed E-state index contributed by atoms with van der Waals surface area (Å²) >= 11 is 6.06. The van der Waals surface area contributed by atoms with Crippen LogP contribution in [0.5, 0.6) is 5.75 Å². The van der Waals surface area contributed by atoms with Crippen LogP contribution >= 0.6 is 11.6 Å². The Labute approximate surface area is 200 Å². The number of carbonyl (C=O) groups excluding carboxylic acids is 1. The number of allylic oxidation sites excluding steroid dienone is 2. The molecular formula is C28H30ClNO3. The zero-order valence-corrected chi connectivity index (χ0v) is 20.2. The maximum Gasteiger partial charge on any atom is 0.244 e. The zero-order valence-electron chi connectivity index (χ0n) is 19.5. The van der Waals surface area contributed by atoms with E-state index in [1.807, 2.05) is 44.2 Å². The van der Waals surface area contributed by atoms with Gasteiger partial charge in [0.05, 0.1) is 13.4 Å². The molecule has 0 spiro atoms. The minimum absolute atomic E-state index is 0.0890. The molecule has 1 N–H and O–H groups in total. The number of benzene rings is 2. The lowest BCUT2D eigenvalue weighted by molar-refractivity contribution is -0.116. The summed E-state index contributed by atoms with van der Waals surface area (Å²) in [6, 6.07) is 9.73. The normalized spacial score (nSPS) is 14.3. The van der Waals surface area contributed by atoms with Gasteiger partial charge >= 0.3 is 0 Å². The first-order valence-corrected chi connectivity index (χ1v) is 11.8. The molecule has 1 heterocycles. The van der Waals surface area contributed by atoms with Crippen LogP contribution in [0.4, 0.5) is 0 Å². The van der Waals surface area contributed by atoms with Gasteiger partial charge in [-0.2, -0.15) is 0 Å². The van der Waals surface area contributed by atoms with Crippen molar-refractivity contribution in [3.05, 3.63) is 70.5 Å². The number of furan rings is 1. The van der Waals surface area contributed by atoms with Gasteiger partial charge in [0, 0.05) is 39.7 Å². The number of rotatable bonds is 7. The maximum absolute atomic E-state index is 12.6. The topological polar surface area (TPSA) is 51.5 Å². The molecule has 0 unspecified atom stereocenters. The smallest absolute Gasteiger partial charge is 0.244 e. The van der Waals surface area contributed by atoms with Crippen LogP contribution in [0.25, 0.3) is 27.7 Å². The summed E-state index contributed by atoms with van der Waals surface area (Å²) in [5, 5.41) is 4.69. The molecule has 3 aromatic rings. The van der Waals surface area contributed by atoms with Crippen LogP contribution in [0.3, 0.4) is 0 Å². The SMILES string of the molecule is COc1c(/C(C)=C/C(=O)NCCC2=CCCCC2)cc2c(-c3ccc(Cl)cc3)coc2c1C. The highest BCUT2D eigenvalue weighted by Crippen LogP contribution is 2.40. The van der Waals surface area contributed by atoms with Crippen molar-refractivity contribution in [2.45, 2.75) is 46.0 Å². The lowest BCUT2D eigenvalue weighted by atomic mass is 9.96. The molecule has 0 aliphatic heterocycles. The van der Waals surface area contributed by atoms with E-state index in [9.17, 15) is 4.79 Å². The van der Waals surface area contributed by atoms with Crippen molar-refractivity contribution in [2.75, 3.05) is 13.7 Å². The lowest BCUT2D eigenvalue weighted by Gasteiger charge is -2.14. The van der Waals surface area contributed by atoms with Crippen molar-refractivity contribution in [2.24, 2.45) is 0 Å². The summed E-state index contributed by atoms with van der Waals surface area (Å²) in [5.41, 5.74) is 6.86. The Morgan fingerprint density at radius 3 is 2.73 bits per heavy atom. The van der Waals surface area contributed by atoms with Gasteiger partial charge in [-0.25, -0.2) is 0 Å². The third-order valence-corrected chi connectivity index (χ3v) is 6.56. The summed E-state index contributed by atoms with van der Waals surface area (Å²) in [6.45, 7) is 4.57. The number of halogens is 1. The van der Waals surface area contributed by atoms with Crippen molar-refractivity contribution in [1.82, 2.24) is 5.32 Å². The fourth-order valence-corrected chi connectivity index (χ4v) is 4.65. The van der Waals surface area contributed by atoms with E-state index in [4.69, 9.17) is 20.8 Å². The fourth-order valence-electron chi connectivity index (χ4n) is 4.53. The molecule has 1 aromatic heterocycles. The number of hydrogen-bond donors (Lipinski definition) is 1. The summed E-state index contributed by atoms with van der Waals surface area (Å²) in [5.74, 6) is 0.627. The highest BCUT2D eigenvalue weighted by Gasteiger charge is 2.19. The zero-order chi connectivity index (χ0) is 23.4. The van der Waals surface area contributed by atoms with Gasteiger partial charge in [0.25, 0.3) is 0 Å². The number of ether oxygens (including phenoxy) is 1. The second-order valence-electron chi connectivity index (χ2n) is 8.59. The maximum atomic E-state index is 12.6. The van der Waals surface area contributed by atoms with Crippen LogP contribution in [-0.4, -0.2) is 19.6 Å². The molecule has 33 heavy (non-hydrogen) atoms. The van der Waals surface area contributed by atoms with Crippen LogP contribution in [0.15, 0.2) is 58.7 Å². The van der Waals surface area contributed by atoms with Crippen molar-refractivity contribution in [3.63, 3.8) is 0 Å². The molecule has 0 saturated carbocycles. The van der Waals surface area contributed by atoms with Crippen LogP contribution in [0, 0.1) is 6.92 Å². The molecule has 5 heteroatoms. The Morgan fingerprint density at radius 2 is 2.03 bits per heavy atom. The molecule has 0 fully saturated rings. The average Bonchev–Trinajstić information content (AvgIpc) is 3.24. The summed E-state index contributed by atoms with van der Waals surface area (Å²) in [7, 11) is 1.64. The molecule has 0 radical (unpaired) electrons. The lowest BCUT2D eigenvalue weighted by Crippen LogP contribution is -2.23. The van der Waals surface area contributed by atoms with Gasteiger partial charge in [0.15, 0.2) is 0 Å². The number of methoxy groups -OCH3 is 1. The first kappa shape index (κ1) is 23.2. The Hall–Kier alpha value is -2.98. The van der Waals surface area contributed by atoms with Crippen molar-refractivity contribution < 1.29 is 13.9 Å². The first-order valence-electron chi connectivity index (χ1n) is 11.5. The first-order chi connectivity index (χ1) is 16.0. The van der Waals surface area contributed by atoms with Crippen LogP contribution < -0.4 is 10.1 Å². The molecule has 2 aromatic carbocycles. The number of hydrogen-bond acceptors (Lipinski definition) is 3. The average molecular weight is 464 g/mol. The van der Waals surface area contributed by atoms with Crippen molar-refractivity contribution >= 4 is 34.1 Å². The molecule has 4 rings (SSSR count). The van der Waals surface area contributed by atoms with E-state index in [2.05, 4.69) is 11.4 Å². The monoisotopic (exact) mass is 463 g/mol. The van der Waals surface area contributed by atoms with Gasteiger partial charge < -0.3 is 14.5 Å². The van der Waals surface area contributed by atoms with E-state index >= 15 is 0 Å². The molecule has 0 saturated heterocycles. The van der Waals surface area contributed by atoms with Crippen molar-refractivity contribution in [3.8, 4) is 16.9 Å². The van der Waals surface area contributed by atoms with Gasteiger partial charge in [0.1, 0.15) is 11.3 Å². The number of aryl methyl sites for hydroxylation is 1. The quantitative estimate of drug-likeness (QED) is 0.292. The number of amides is 1. The molecular weight excluding hydrogens is 434 g/mol. The highest BCUT2D eigenvalue weighted by molar-refractivity contribution is 6.30. The van der Waals surface area contributed by atoms with E-state index in [-0.39, 0.29) is 5.91 Å². The second kappa shape index (κ2) is 10.3. The van der Waals surface area contributed by atoms with Crippen molar-refractivity contribution in [1.29, 1.82) is 0 Å². The van der Waals surface area contributed by atoms with E-state index in [1.165, 1.54) is 18.4 Å². The largest absolute Gasteiger partial charge is 0.496 e. The third-order valence-electron chi connectivity index (χ3n) is 6.31. The van der Waals surface area contributed by atoms with E-state index in [0.29, 0.717) is 17.3 Å². The standard InChI is InChI=1S/C28H30ClNO3/c1-18(15-26(31)30-14-13-20-7-5-4-6-8-20)23-16-24-25(21-9-11-22(29)12-10-21)17-33-28(24)19(2)27(23)32-3/h7,9-12,15-17H,4-6,8,13-14H2,1-3H3,(H,30,31)/b18-15+. The molecule has 1 amide bonds. The van der Waals surface area contributed by atoms with E-state index in [1.54, 1.807) is 19.4 Å². The summed E-state index contributed by atoms with van der Waals surface area (Å²) < 4.78 is 11.6. The summed E-state index contributed by atoms with van der Waals surface area (Å²) in [4.78, 5) is 12.6. The Morgan fingerprint density at radius 1 is 1.24 bits per heavy atom. The van der Waals surface area contributed by atoms with Gasteiger partial charge in [-0.15, -0.1) is 0 Å². The Bertz CT molecular complexity index is 1220.